The third kappa shape index (κ3) is 4.09. The minimum Gasteiger partial charge on any atom is -0.389 e. The highest BCUT2D eigenvalue weighted by Crippen LogP contribution is 2.16. The molecular weight excluding hydrogens is 355 g/mol. The lowest BCUT2D eigenvalue weighted by Crippen LogP contribution is -2.23. The van der Waals surface area contributed by atoms with Gasteiger partial charge in [0.2, 0.25) is 0 Å². The third-order valence-electron chi connectivity index (χ3n) is 2.85. The van der Waals surface area contributed by atoms with Gasteiger partial charge < -0.3 is 11.1 Å². The van der Waals surface area contributed by atoms with E-state index >= 15 is 0 Å². The number of hydrogen-bond acceptors (Lipinski definition) is 2. The normalized spacial score (nSPS) is 10.2. The largest absolute Gasteiger partial charge is 0.389 e. The van der Waals surface area contributed by atoms with E-state index in [9.17, 15) is 9.18 Å². The van der Waals surface area contributed by atoms with Crippen LogP contribution in [-0.4, -0.2) is 10.9 Å². The predicted molar refractivity (Wildman–Crippen MR) is 87.6 cm³/mol. The molecule has 0 spiro atoms. The lowest BCUT2D eigenvalue weighted by atomic mass is 10.1. The number of halogens is 2. The number of thiocarbonyl (C=S) groups is 1. The van der Waals surface area contributed by atoms with E-state index in [4.69, 9.17) is 18.0 Å². The fourth-order valence-corrected chi connectivity index (χ4v) is 2.13. The summed E-state index contributed by atoms with van der Waals surface area (Å²) >= 11 is 7.95. The van der Waals surface area contributed by atoms with Crippen LogP contribution in [0.25, 0.3) is 0 Å². The molecule has 3 nitrogen and oxygen atoms in total. The second-order valence-electron chi connectivity index (χ2n) is 4.38. The molecule has 2 aromatic rings. The quantitative estimate of drug-likeness (QED) is 0.817. The highest BCUT2D eigenvalue weighted by Gasteiger charge is 2.08. The van der Waals surface area contributed by atoms with Crippen LogP contribution in [-0.2, 0) is 6.54 Å². The van der Waals surface area contributed by atoms with E-state index in [1.165, 1.54) is 12.1 Å². The molecule has 21 heavy (non-hydrogen) atoms. The maximum absolute atomic E-state index is 13.4. The maximum atomic E-state index is 13.4. The first-order chi connectivity index (χ1) is 9.97. The van der Waals surface area contributed by atoms with Gasteiger partial charge in [-0.1, -0.05) is 30.4 Å². The first-order valence-corrected chi connectivity index (χ1v) is 7.29. The number of carbonyl (C=O) groups excluding carboxylic acids is 1. The molecule has 0 unspecified atom stereocenters. The van der Waals surface area contributed by atoms with E-state index in [0.717, 1.165) is 11.1 Å². The summed E-state index contributed by atoms with van der Waals surface area (Å²) in [6.07, 6.45) is 0. The molecule has 1 amide bonds. The molecule has 0 fully saturated rings. The lowest BCUT2D eigenvalue weighted by molar-refractivity contribution is 0.0950. The van der Waals surface area contributed by atoms with E-state index in [2.05, 4.69) is 21.2 Å². The molecule has 0 heterocycles. The van der Waals surface area contributed by atoms with E-state index in [-0.39, 0.29) is 11.5 Å². The molecule has 0 aliphatic carbocycles. The summed E-state index contributed by atoms with van der Waals surface area (Å²) in [5.41, 5.74) is 7.43. The van der Waals surface area contributed by atoms with Gasteiger partial charge in [0.1, 0.15) is 10.8 Å². The van der Waals surface area contributed by atoms with Crippen molar-refractivity contribution in [3.8, 4) is 0 Å². The second kappa shape index (κ2) is 6.78. The summed E-state index contributed by atoms with van der Waals surface area (Å²) in [6.45, 7) is 0.312. The van der Waals surface area contributed by atoms with Crippen LogP contribution >= 0.6 is 28.1 Å². The van der Waals surface area contributed by atoms with Gasteiger partial charge in [-0.25, -0.2) is 4.39 Å². The topological polar surface area (TPSA) is 55.1 Å². The zero-order valence-corrected chi connectivity index (χ0v) is 13.3. The second-order valence-corrected chi connectivity index (χ2v) is 5.67. The van der Waals surface area contributed by atoms with Crippen LogP contribution in [0, 0.1) is 5.82 Å². The fraction of sp³-hybridized carbons (Fsp3) is 0.0667. The number of rotatable bonds is 4. The van der Waals surface area contributed by atoms with Crippen LogP contribution in [0.3, 0.4) is 0 Å². The Bertz CT molecular complexity index is 706. The fourth-order valence-electron chi connectivity index (χ4n) is 1.76. The predicted octanol–water partition coefficient (Wildman–Crippen LogP) is 3.15. The van der Waals surface area contributed by atoms with E-state index in [1.807, 2.05) is 18.2 Å². The molecule has 3 N–H and O–H groups in total. The van der Waals surface area contributed by atoms with Crippen molar-refractivity contribution in [3.05, 3.63) is 69.4 Å². The molecule has 0 atom stereocenters. The number of amides is 1. The van der Waals surface area contributed by atoms with Crippen LogP contribution in [0.5, 0.6) is 0 Å². The Morgan fingerprint density at radius 2 is 2.00 bits per heavy atom. The summed E-state index contributed by atoms with van der Waals surface area (Å²) in [5, 5.41) is 2.72. The third-order valence-corrected chi connectivity index (χ3v) is 3.73. The summed E-state index contributed by atoms with van der Waals surface area (Å²) in [7, 11) is 0. The van der Waals surface area contributed by atoms with Gasteiger partial charge in [-0.3, -0.25) is 4.79 Å². The number of hydrogen-bond donors (Lipinski definition) is 2. The van der Waals surface area contributed by atoms with Crippen LogP contribution in [0.15, 0.2) is 46.9 Å². The molecule has 2 aromatic carbocycles. The van der Waals surface area contributed by atoms with E-state index < -0.39 is 5.82 Å². The van der Waals surface area contributed by atoms with Crippen molar-refractivity contribution in [2.45, 2.75) is 6.54 Å². The summed E-state index contributed by atoms with van der Waals surface area (Å²) < 4.78 is 13.7. The first kappa shape index (κ1) is 15.6. The Morgan fingerprint density at radius 1 is 1.24 bits per heavy atom. The molecule has 0 saturated carbocycles. The van der Waals surface area contributed by atoms with Crippen molar-refractivity contribution in [1.29, 1.82) is 0 Å². The Kier molecular flexibility index (Phi) is 5.03. The van der Waals surface area contributed by atoms with Crippen molar-refractivity contribution in [1.82, 2.24) is 5.32 Å². The lowest BCUT2D eigenvalue weighted by Gasteiger charge is -2.07. The first-order valence-electron chi connectivity index (χ1n) is 6.09. The molecular formula is C15H12BrFN2OS. The van der Waals surface area contributed by atoms with Crippen molar-refractivity contribution in [2.75, 3.05) is 0 Å². The molecule has 0 aromatic heterocycles. The zero-order valence-electron chi connectivity index (χ0n) is 10.9. The molecule has 2 rings (SSSR count). The molecule has 108 valence electrons. The molecule has 0 radical (unpaired) electrons. The Morgan fingerprint density at radius 3 is 2.67 bits per heavy atom. The van der Waals surface area contributed by atoms with Crippen molar-refractivity contribution in [3.63, 3.8) is 0 Å². The van der Waals surface area contributed by atoms with Crippen LogP contribution < -0.4 is 11.1 Å². The van der Waals surface area contributed by atoms with E-state index in [0.29, 0.717) is 16.0 Å². The Labute approximate surface area is 135 Å². The zero-order chi connectivity index (χ0) is 15.4. The Hall–Kier alpha value is -1.79. The van der Waals surface area contributed by atoms with Gasteiger partial charge in [0.05, 0.1) is 4.47 Å². The monoisotopic (exact) mass is 366 g/mol. The molecule has 0 bridgehead atoms. The number of nitrogens with two attached hydrogens (primary N) is 1. The van der Waals surface area contributed by atoms with Gasteiger partial charge in [0.25, 0.3) is 5.91 Å². The van der Waals surface area contributed by atoms with Gasteiger partial charge >= 0.3 is 0 Å². The summed E-state index contributed by atoms with van der Waals surface area (Å²) in [5.74, 6) is -0.819. The minimum absolute atomic E-state index is 0.265. The van der Waals surface area contributed by atoms with Crippen LogP contribution in [0.1, 0.15) is 21.5 Å². The van der Waals surface area contributed by atoms with Gasteiger partial charge in [-0.05, 0) is 45.8 Å². The van der Waals surface area contributed by atoms with Crippen LogP contribution in [0.2, 0.25) is 0 Å². The van der Waals surface area contributed by atoms with Crippen molar-refractivity contribution in [2.24, 2.45) is 5.73 Å². The van der Waals surface area contributed by atoms with Crippen molar-refractivity contribution >= 4 is 39.0 Å². The molecule has 0 aliphatic heterocycles. The molecule has 0 aliphatic rings. The SMILES string of the molecule is NC(=S)c1cccc(CNC(=O)c2ccc(Br)c(F)c2)c1. The van der Waals surface area contributed by atoms with Crippen molar-refractivity contribution < 1.29 is 9.18 Å². The van der Waals surface area contributed by atoms with Gasteiger partial charge in [0.15, 0.2) is 0 Å². The maximum Gasteiger partial charge on any atom is 0.251 e. The number of carbonyl (C=O) groups is 1. The summed E-state index contributed by atoms with van der Waals surface area (Å²) in [4.78, 5) is 12.3. The average Bonchev–Trinajstić information content (AvgIpc) is 2.48. The number of benzene rings is 2. The van der Waals surface area contributed by atoms with Crippen LogP contribution in [0.4, 0.5) is 4.39 Å². The highest BCUT2D eigenvalue weighted by molar-refractivity contribution is 9.10. The van der Waals surface area contributed by atoms with Gasteiger partial charge in [0, 0.05) is 17.7 Å². The number of nitrogens with one attached hydrogen (secondary N) is 1. The van der Waals surface area contributed by atoms with E-state index in [1.54, 1.807) is 12.1 Å². The smallest absolute Gasteiger partial charge is 0.251 e. The van der Waals surface area contributed by atoms with Gasteiger partial charge in [-0.2, -0.15) is 0 Å². The standard InChI is InChI=1S/C15H12BrFN2OS/c16-12-5-4-11(7-13(12)17)15(20)19-8-9-2-1-3-10(6-9)14(18)21/h1-7H,8H2,(H2,18,21)(H,19,20). The minimum atomic E-state index is -0.474. The summed E-state index contributed by atoms with van der Waals surface area (Å²) in [6, 6.07) is 11.5. The highest BCUT2D eigenvalue weighted by atomic mass is 79.9. The molecule has 0 saturated heterocycles. The Balaban J connectivity index is 2.05. The van der Waals surface area contributed by atoms with Gasteiger partial charge in [-0.15, -0.1) is 0 Å². The molecule has 6 heteroatoms. The average molecular weight is 367 g/mol.